The van der Waals surface area contributed by atoms with Crippen molar-refractivity contribution < 1.29 is 19.1 Å². The summed E-state index contributed by atoms with van der Waals surface area (Å²) in [7, 11) is 0. The van der Waals surface area contributed by atoms with Crippen LogP contribution in [0.15, 0.2) is 24.3 Å². The number of hydrogen-bond acceptors (Lipinski definition) is 4. The maximum atomic E-state index is 13.1. The number of nitrogens with one attached hydrogen (secondary N) is 2. The number of amides is 2. The maximum absolute atomic E-state index is 13.1. The summed E-state index contributed by atoms with van der Waals surface area (Å²) < 4.78 is 5.31. The third-order valence-corrected chi connectivity index (χ3v) is 6.38. The summed E-state index contributed by atoms with van der Waals surface area (Å²) in [5.41, 5.74) is 2.99. The Kier molecular flexibility index (Phi) is 8.19. The van der Waals surface area contributed by atoms with Crippen molar-refractivity contribution in [2.24, 2.45) is 5.92 Å². The Labute approximate surface area is 199 Å². The SMILES string of the molecule is Cc1[nH]c(C(=O)N2CCC(CC(=O)NCc3ccccc3Cl)CC2)c(C)c1C(=O)OC(C)C. The zero-order valence-electron chi connectivity index (χ0n) is 19.7. The Morgan fingerprint density at radius 3 is 2.48 bits per heavy atom. The Morgan fingerprint density at radius 2 is 1.85 bits per heavy atom. The predicted molar refractivity (Wildman–Crippen MR) is 127 cm³/mol. The highest BCUT2D eigenvalue weighted by Crippen LogP contribution is 2.25. The van der Waals surface area contributed by atoms with Crippen molar-refractivity contribution in [1.29, 1.82) is 0 Å². The van der Waals surface area contributed by atoms with Gasteiger partial charge < -0.3 is 19.9 Å². The van der Waals surface area contributed by atoms with Gasteiger partial charge in [-0.3, -0.25) is 9.59 Å². The molecule has 1 fully saturated rings. The second-order valence-electron chi connectivity index (χ2n) is 8.89. The quantitative estimate of drug-likeness (QED) is 0.583. The number of piperidine rings is 1. The first kappa shape index (κ1) is 24.8. The number of halogens is 1. The van der Waals surface area contributed by atoms with E-state index in [-0.39, 0.29) is 23.8 Å². The lowest BCUT2D eigenvalue weighted by molar-refractivity contribution is -0.122. The number of rotatable bonds is 7. The lowest BCUT2D eigenvalue weighted by Gasteiger charge is -2.31. The average molecular weight is 474 g/mol. The molecule has 1 aromatic heterocycles. The lowest BCUT2D eigenvalue weighted by atomic mass is 9.93. The summed E-state index contributed by atoms with van der Waals surface area (Å²) in [6.07, 6.45) is 1.71. The van der Waals surface area contributed by atoms with Crippen LogP contribution < -0.4 is 5.32 Å². The summed E-state index contributed by atoms with van der Waals surface area (Å²) >= 11 is 6.14. The van der Waals surface area contributed by atoms with Crippen LogP contribution in [0.5, 0.6) is 0 Å². The third-order valence-electron chi connectivity index (χ3n) is 6.01. The summed E-state index contributed by atoms with van der Waals surface area (Å²) in [5, 5.41) is 3.57. The minimum absolute atomic E-state index is 0.0103. The minimum Gasteiger partial charge on any atom is -0.459 e. The maximum Gasteiger partial charge on any atom is 0.340 e. The number of aromatic amines is 1. The second-order valence-corrected chi connectivity index (χ2v) is 9.29. The van der Waals surface area contributed by atoms with Gasteiger partial charge in [0.05, 0.1) is 11.7 Å². The number of hydrogen-bond donors (Lipinski definition) is 2. The van der Waals surface area contributed by atoms with Gasteiger partial charge in [0.15, 0.2) is 0 Å². The third kappa shape index (κ3) is 6.16. The van der Waals surface area contributed by atoms with Gasteiger partial charge in [0.2, 0.25) is 5.91 Å². The molecule has 33 heavy (non-hydrogen) atoms. The van der Waals surface area contributed by atoms with E-state index < -0.39 is 5.97 Å². The molecule has 178 valence electrons. The first-order valence-electron chi connectivity index (χ1n) is 11.4. The molecular weight excluding hydrogens is 442 g/mol. The molecule has 2 heterocycles. The molecule has 2 amide bonds. The molecule has 0 bridgehead atoms. The van der Waals surface area contributed by atoms with Gasteiger partial charge >= 0.3 is 5.97 Å². The number of benzene rings is 1. The molecule has 1 aliphatic heterocycles. The van der Waals surface area contributed by atoms with Crippen molar-refractivity contribution in [2.45, 2.75) is 59.6 Å². The van der Waals surface area contributed by atoms with Gasteiger partial charge in [0.25, 0.3) is 5.91 Å². The van der Waals surface area contributed by atoms with Crippen LogP contribution in [0, 0.1) is 19.8 Å². The summed E-state index contributed by atoms with van der Waals surface area (Å²) in [6, 6.07) is 7.45. The Balaban J connectivity index is 1.52. The van der Waals surface area contributed by atoms with Crippen LogP contribution >= 0.6 is 11.6 Å². The van der Waals surface area contributed by atoms with Gasteiger partial charge in [0.1, 0.15) is 5.69 Å². The fraction of sp³-hybridized carbons (Fsp3) is 0.480. The molecule has 7 nitrogen and oxygen atoms in total. The fourth-order valence-electron chi connectivity index (χ4n) is 4.21. The average Bonchev–Trinajstić information content (AvgIpc) is 3.06. The Bertz CT molecular complexity index is 1020. The lowest BCUT2D eigenvalue weighted by Crippen LogP contribution is -2.40. The molecular formula is C25H32ClN3O4. The number of H-pyrrole nitrogens is 1. The van der Waals surface area contributed by atoms with Crippen molar-refractivity contribution >= 4 is 29.4 Å². The van der Waals surface area contributed by atoms with Crippen LogP contribution in [0.3, 0.4) is 0 Å². The highest BCUT2D eigenvalue weighted by atomic mass is 35.5. The zero-order valence-corrected chi connectivity index (χ0v) is 20.4. The van der Waals surface area contributed by atoms with Crippen molar-refractivity contribution in [3.05, 3.63) is 57.4 Å². The van der Waals surface area contributed by atoms with E-state index in [1.165, 1.54) is 0 Å². The van der Waals surface area contributed by atoms with E-state index in [9.17, 15) is 14.4 Å². The van der Waals surface area contributed by atoms with Crippen molar-refractivity contribution in [3.8, 4) is 0 Å². The second kappa shape index (κ2) is 10.9. The number of nitrogens with zero attached hydrogens (tertiary/aromatic N) is 1. The topological polar surface area (TPSA) is 91.5 Å². The Morgan fingerprint density at radius 1 is 1.18 bits per heavy atom. The number of likely N-dealkylation sites (tertiary alicyclic amines) is 1. The zero-order chi connectivity index (χ0) is 24.1. The number of esters is 1. The smallest absolute Gasteiger partial charge is 0.340 e. The van der Waals surface area contributed by atoms with E-state index in [0.717, 1.165) is 18.4 Å². The van der Waals surface area contributed by atoms with E-state index in [1.54, 1.807) is 38.7 Å². The normalized spacial score (nSPS) is 14.4. The van der Waals surface area contributed by atoms with Gasteiger partial charge in [-0.1, -0.05) is 29.8 Å². The summed E-state index contributed by atoms with van der Waals surface area (Å²) in [4.78, 5) is 42.7. The number of aryl methyl sites for hydroxylation is 1. The van der Waals surface area contributed by atoms with Gasteiger partial charge in [-0.2, -0.15) is 0 Å². The minimum atomic E-state index is -0.420. The van der Waals surface area contributed by atoms with E-state index in [1.807, 2.05) is 18.2 Å². The van der Waals surface area contributed by atoms with Gasteiger partial charge in [-0.15, -0.1) is 0 Å². The monoisotopic (exact) mass is 473 g/mol. The molecule has 0 unspecified atom stereocenters. The van der Waals surface area contributed by atoms with Crippen LogP contribution in [-0.4, -0.2) is 46.9 Å². The van der Waals surface area contributed by atoms with Crippen LogP contribution in [0.1, 0.15) is 70.8 Å². The van der Waals surface area contributed by atoms with Gasteiger partial charge in [0, 0.05) is 36.8 Å². The molecule has 1 aromatic carbocycles. The van der Waals surface area contributed by atoms with E-state index in [4.69, 9.17) is 16.3 Å². The highest BCUT2D eigenvalue weighted by Gasteiger charge is 2.29. The molecule has 1 aliphatic rings. The molecule has 0 radical (unpaired) electrons. The number of ether oxygens (including phenoxy) is 1. The molecule has 2 N–H and O–H groups in total. The highest BCUT2D eigenvalue weighted by molar-refractivity contribution is 6.31. The number of carbonyl (C=O) groups is 3. The van der Waals surface area contributed by atoms with Gasteiger partial charge in [-0.05, 0) is 63.6 Å². The fourth-order valence-corrected chi connectivity index (χ4v) is 4.41. The summed E-state index contributed by atoms with van der Waals surface area (Å²) in [5.74, 6) is -0.329. The summed E-state index contributed by atoms with van der Waals surface area (Å²) in [6.45, 7) is 8.68. The van der Waals surface area contributed by atoms with Crippen LogP contribution in [0.25, 0.3) is 0 Å². The molecule has 3 rings (SSSR count). The molecule has 0 aliphatic carbocycles. The van der Waals surface area contributed by atoms with E-state index in [2.05, 4.69) is 10.3 Å². The molecule has 2 aromatic rings. The first-order chi connectivity index (χ1) is 15.7. The molecule has 0 spiro atoms. The first-order valence-corrected chi connectivity index (χ1v) is 11.7. The van der Waals surface area contributed by atoms with Crippen LogP contribution in [0.4, 0.5) is 0 Å². The largest absolute Gasteiger partial charge is 0.459 e. The van der Waals surface area contributed by atoms with E-state index in [0.29, 0.717) is 53.6 Å². The predicted octanol–water partition coefficient (Wildman–Crippen LogP) is 4.41. The van der Waals surface area contributed by atoms with Crippen LogP contribution in [-0.2, 0) is 16.1 Å². The standard InChI is InChI=1S/C25H32ClN3O4/c1-15(2)33-25(32)22-16(3)23(28-17(22)4)24(31)29-11-9-18(10-12-29)13-21(30)27-14-19-7-5-6-8-20(19)26/h5-8,15,18,28H,9-14H2,1-4H3,(H,27,30). The Hall–Kier alpha value is -2.80. The van der Waals surface area contributed by atoms with Crippen molar-refractivity contribution in [2.75, 3.05) is 13.1 Å². The van der Waals surface area contributed by atoms with Gasteiger partial charge in [-0.25, -0.2) is 4.79 Å². The van der Waals surface area contributed by atoms with Crippen molar-refractivity contribution in [3.63, 3.8) is 0 Å². The van der Waals surface area contributed by atoms with E-state index >= 15 is 0 Å². The molecule has 0 saturated carbocycles. The molecule has 0 atom stereocenters. The van der Waals surface area contributed by atoms with Crippen LogP contribution in [0.2, 0.25) is 5.02 Å². The number of carbonyl (C=O) groups excluding carboxylic acids is 3. The molecule has 8 heteroatoms. The number of aromatic nitrogens is 1. The van der Waals surface area contributed by atoms with Crippen molar-refractivity contribution in [1.82, 2.24) is 15.2 Å². The molecule has 1 saturated heterocycles.